The molecule has 1 aromatic heterocycles. The number of hydrogen-bond acceptors (Lipinski definition) is 2. The third kappa shape index (κ3) is 3.55. The Balaban J connectivity index is 2.80. The highest BCUT2D eigenvalue weighted by molar-refractivity contribution is 9.10. The van der Waals surface area contributed by atoms with Crippen molar-refractivity contribution >= 4 is 15.9 Å². The summed E-state index contributed by atoms with van der Waals surface area (Å²) in [5.74, 6) is 0.654. The van der Waals surface area contributed by atoms with E-state index in [1.807, 2.05) is 18.7 Å². The average molecular weight is 302 g/mol. The van der Waals surface area contributed by atoms with Crippen LogP contribution in [-0.4, -0.2) is 22.4 Å². The van der Waals surface area contributed by atoms with Crippen LogP contribution in [-0.2, 0) is 13.5 Å². The molecule has 2 unspecified atom stereocenters. The molecule has 0 aliphatic heterocycles. The van der Waals surface area contributed by atoms with Gasteiger partial charge in [0.15, 0.2) is 0 Å². The lowest BCUT2D eigenvalue weighted by atomic mass is 9.93. The van der Waals surface area contributed by atoms with Gasteiger partial charge in [0, 0.05) is 13.1 Å². The number of hydrogen-bond donors (Lipinski definition) is 1. The topological polar surface area (TPSA) is 29.9 Å². The predicted octanol–water partition coefficient (Wildman–Crippen LogP) is 3.06. The Morgan fingerprint density at radius 2 is 2.06 bits per heavy atom. The average Bonchev–Trinajstić information content (AvgIpc) is 2.51. The van der Waals surface area contributed by atoms with E-state index >= 15 is 0 Å². The first-order chi connectivity index (χ1) is 8.01. The van der Waals surface area contributed by atoms with E-state index in [2.05, 4.69) is 47.1 Å². The Kier molecular flexibility index (Phi) is 5.67. The van der Waals surface area contributed by atoms with Crippen molar-refractivity contribution in [2.24, 2.45) is 13.0 Å². The molecule has 0 saturated heterocycles. The summed E-state index contributed by atoms with van der Waals surface area (Å²) in [6.07, 6.45) is 2.26. The lowest BCUT2D eigenvalue weighted by molar-refractivity contribution is 0.360. The van der Waals surface area contributed by atoms with Crippen molar-refractivity contribution in [1.29, 1.82) is 0 Å². The molecule has 17 heavy (non-hydrogen) atoms. The highest BCUT2D eigenvalue weighted by Crippen LogP contribution is 2.25. The van der Waals surface area contributed by atoms with Crippen molar-refractivity contribution in [2.45, 2.75) is 46.6 Å². The van der Waals surface area contributed by atoms with E-state index in [9.17, 15) is 0 Å². The van der Waals surface area contributed by atoms with Gasteiger partial charge in [0.2, 0.25) is 0 Å². The summed E-state index contributed by atoms with van der Waals surface area (Å²) in [4.78, 5) is 0. The van der Waals surface area contributed by atoms with Crippen LogP contribution in [0.15, 0.2) is 4.47 Å². The molecule has 0 fully saturated rings. The van der Waals surface area contributed by atoms with Gasteiger partial charge in [-0.3, -0.25) is 4.68 Å². The van der Waals surface area contributed by atoms with E-state index < -0.39 is 0 Å². The molecule has 0 bridgehead atoms. The van der Waals surface area contributed by atoms with Crippen molar-refractivity contribution in [1.82, 2.24) is 15.1 Å². The van der Waals surface area contributed by atoms with Crippen LogP contribution in [0.1, 0.15) is 38.6 Å². The third-order valence-electron chi connectivity index (χ3n) is 3.47. The molecule has 0 aromatic carbocycles. The maximum absolute atomic E-state index is 4.45. The zero-order chi connectivity index (χ0) is 13.0. The smallest absolute Gasteiger partial charge is 0.0738 e. The first-order valence-corrected chi connectivity index (χ1v) is 7.21. The molecule has 1 aromatic rings. The lowest BCUT2D eigenvalue weighted by Crippen LogP contribution is -2.34. The van der Waals surface area contributed by atoms with E-state index in [0.717, 1.165) is 18.7 Å². The molecule has 0 radical (unpaired) electrons. The Labute approximate surface area is 113 Å². The van der Waals surface area contributed by atoms with Crippen molar-refractivity contribution in [3.63, 3.8) is 0 Å². The minimum Gasteiger partial charge on any atom is -0.314 e. The maximum atomic E-state index is 4.45. The fourth-order valence-electron chi connectivity index (χ4n) is 2.31. The summed E-state index contributed by atoms with van der Waals surface area (Å²) in [6, 6.07) is 0.548. The Hall–Kier alpha value is -0.350. The largest absolute Gasteiger partial charge is 0.314 e. The molecule has 1 heterocycles. The fourth-order valence-corrected chi connectivity index (χ4v) is 2.81. The molecular formula is C13H24BrN3. The summed E-state index contributed by atoms with van der Waals surface area (Å²) < 4.78 is 3.17. The molecule has 1 N–H and O–H groups in total. The highest BCUT2D eigenvalue weighted by Gasteiger charge is 2.19. The quantitative estimate of drug-likeness (QED) is 0.875. The van der Waals surface area contributed by atoms with Crippen LogP contribution in [0, 0.1) is 12.8 Å². The molecule has 3 nitrogen and oxygen atoms in total. The van der Waals surface area contributed by atoms with Gasteiger partial charge in [-0.2, -0.15) is 5.10 Å². The fraction of sp³-hybridized carbons (Fsp3) is 0.769. The first-order valence-electron chi connectivity index (χ1n) is 6.42. The summed E-state index contributed by atoms with van der Waals surface area (Å²) >= 11 is 3.64. The number of nitrogens with zero attached hydrogens (tertiary/aromatic N) is 2. The van der Waals surface area contributed by atoms with Crippen LogP contribution < -0.4 is 5.32 Å². The van der Waals surface area contributed by atoms with Crippen molar-refractivity contribution in [2.75, 3.05) is 6.54 Å². The molecule has 1 rings (SSSR count). The van der Waals surface area contributed by atoms with Gasteiger partial charge in [0.25, 0.3) is 0 Å². The first kappa shape index (κ1) is 14.7. The monoisotopic (exact) mass is 301 g/mol. The maximum Gasteiger partial charge on any atom is 0.0738 e. The Morgan fingerprint density at radius 3 is 2.47 bits per heavy atom. The lowest BCUT2D eigenvalue weighted by Gasteiger charge is -2.23. The van der Waals surface area contributed by atoms with Gasteiger partial charge < -0.3 is 5.32 Å². The minimum absolute atomic E-state index is 0.548. The molecule has 4 heteroatoms. The molecule has 0 saturated carbocycles. The predicted molar refractivity (Wildman–Crippen MR) is 76.3 cm³/mol. The van der Waals surface area contributed by atoms with E-state index in [-0.39, 0.29) is 0 Å². The number of aromatic nitrogens is 2. The summed E-state index contributed by atoms with van der Waals surface area (Å²) in [5, 5.41) is 7.97. The molecule has 0 aliphatic rings. The van der Waals surface area contributed by atoms with Crippen molar-refractivity contribution < 1.29 is 0 Å². The second kappa shape index (κ2) is 6.55. The molecule has 0 amide bonds. The van der Waals surface area contributed by atoms with Crippen LogP contribution in [0.5, 0.6) is 0 Å². The summed E-state index contributed by atoms with van der Waals surface area (Å²) in [6.45, 7) is 9.77. The van der Waals surface area contributed by atoms with Crippen LogP contribution in [0.2, 0.25) is 0 Å². The van der Waals surface area contributed by atoms with E-state index in [4.69, 9.17) is 0 Å². The van der Waals surface area contributed by atoms with Gasteiger partial charge in [0.05, 0.1) is 15.9 Å². The van der Waals surface area contributed by atoms with Crippen molar-refractivity contribution in [3.05, 3.63) is 15.9 Å². The molecular weight excluding hydrogens is 278 g/mol. The van der Waals surface area contributed by atoms with Gasteiger partial charge in [-0.1, -0.05) is 20.3 Å². The zero-order valence-corrected chi connectivity index (χ0v) is 13.1. The Bertz CT molecular complexity index is 360. The number of rotatable bonds is 6. The van der Waals surface area contributed by atoms with Gasteiger partial charge in [-0.05, 0) is 48.7 Å². The second-order valence-corrected chi connectivity index (χ2v) is 5.48. The third-order valence-corrected chi connectivity index (χ3v) is 4.51. The van der Waals surface area contributed by atoms with Crippen LogP contribution in [0.4, 0.5) is 0 Å². The zero-order valence-electron chi connectivity index (χ0n) is 11.5. The van der Waals surface area contributed by atoms with E-state index in [1.54, 1.807) is 0 Å². The number of nitrogens with one attached hydrogen (secondary N) is 1. The Morgan fingerprint density at radius 1 is 1.41 bits per heavy atom. The van der Waals surface area contributed by atoms with Gasteiger partial charge >= 0.3 is 0 Å². The van der Waals surface area contributed by atoms with Gasteiger partial charge in [0.1, 0.15) is 0 Å². The normalized spacial score (nSPS) is 14.9. The van der Waals surface area contributed by atoms with Crippen LogP contribution >= 0.6 is 15.9 Å². The van der Waals surface area contributed by atoms with Crippen LogP contribution in [0.3, 0.4) is 0 Å². The summed E-state index contributed by atoms with van der Waals surface area (Å²) in [7, 11) is 2.03. The number of aryl methyl sites for hydroxylation is 2. The standard InChI is InChI=1S/C13H24BrN3/c1-6-11(9(3)15-7-2)8-12-13(14)10(4)16-17(12)5/h9,11,15H,6-8H2,1-5H3. The van der Waals surface area contributed by atoms with Crippen LogP contribution in [0.25, 0.3) is 0 Å². The van der Waals surface area contributed by atoms with Crippen molar-refractivity contribution in [3.8, 4) is 0 Å². The SMILES string of the molecule is CCNC(C)C(CC)Cc1c(Br)c(C)nn1C. The molecule has 0 spiro atoms. The van der Waals surface area contributed by atoms with E-state index in [1.165, 1.54) is 16.6 Å². The number of halogens is 1. The van der Waals surface area contributed by atoms with Gasteiger partial charge in [-0.25, -0.2) is 0 Å². The highest BCUT2D eigenvalue weighted by atomic mass is 79.9. The van der Waals surface area contributed by atoms with E-state index in [0.29, 0.717) is 12.0 Å². The molecule has 0 aliphatic carbocycles. The summed E-state index contributed by atoms with van der Waals surface area (Å²) in [5.41, 5.74) is 2.38. The molecule has 98 valence electrons. The second-order valence-electron chi connectivity index (χ2n) is 4.69. The minimum atomic E-state index is 0.548. The van der Waals surface area contributed by atoms with Gasteiger partial charge in [-0.15, -0.1) is 0 Å². The molecule has 2 atom stereocenters.